The number of para-hydroxylation sites is 1. The molecule has 3 aromatic carbocycles. The predicted molar refractivity (Wildman–Crippen MR) is 125 cm³/mol. The van der Waals surface area contributed by atoms with Gasteiger partial charge in [0.1, 0.15) is 0 Å². The van der Waals surface area contributed by atoms with Crippen LogP contribution in [-0.2, 0) is 10.0 Å². The van der Waals surface area contributed by atoms with Crippen molar-refractivity contribution in [3.63, 3.8) is 0 Å². The number of nitrogens with zero attached hydrogens (tertiary/aromatic N) is 2. The summed E-state index contributed by atoms with van der Waals surface area (Å²) in [4.78, 5) is 12.7. The number of carbonyl (C=O) groups is 1. The fourth-order valence-electron chi connectivity index (χ4n) is 3.10. The van der Waals surface area contributed by atoms with Crippen LogP contribution >= 0.6 is 11.6 Å². The SMILES string of the molecule is Cc1ccc(NC(=O)c2ccc(-n3cccn3)cc2)cc1S(=O)(=O)Nc1ccccc1Cl. The van der Waals surface area contributed by atoms with Gasteiger partial charge in [0.25, 0.3) is 15.9 Å². The highest BCUT2D eigenvalue weighted by atomic mass is 35.5. The van der Waals surface area contributed by atoms with Gasteiger partial charge in [0.2, 0.25) is 0 Å². The first-order chi connectivity index (χ1) is 15.3. The van der Waals surface area contributed by atoms with Crippen molar-refractivity contribution in [1.29, 1.82) is 0 Å². The second kappa shape index (κ2) is 8.86. The van der Waals surface area contributed by atoms with Gasteiger partial charge in [-0.1, -0.05) is 29.8 Å². The van der Waals surface area contributed by atoms with Gasteiger partial charge in [-0.15, -0.1) is 0 Å². The van der Waals surface area contributed by atoms with Crippen molar-refractivity contribution in [2.24, 2.45) is 0 Å². The van der Waals surface area contributed by atoms with Crippen LogP contribution in [0, 0.1) is 6.92 Å². The van der Waals surface area contributed by atoms with Crippen molar-refractivity contribution in [1.82, 2.24) is 9.78 Å². The van der Waals surface area contributed by atoms with Crippen LogP contribution in [0.4, 0.5) is 11.4 Å². The van der Waals surface area contributed by atoms with Gasteiger partial charge in [-0.2, -0.15) is 5.10 Å². The number of hydrogen-bond donors (Lipinski definition) is 2. The molecule has 0 aliphatic heterocycles. The van der Waals surface area contributed by atoms with Crippen LogP contribution in [0.2, 0.25) is 5.02 Å². The molecule has 0 bridgehead atoms. The third-order valence-corrected chi connectivity index (χ3v) is 6.59. The van der Waals surface area contributed by atoms with Crippen LogP contribution in [0.1, 0.15) is 15.9 Å². The van der Waals surface area contributed by atoms with E-state index < -0.39 is 10.0 Å². The fourth-order valence-corrected chi connectivity index (χ4v) is 4.69. The summed E-state index contributed by atoms with van der Waals surface area (Å²) < 4.78 is 30.1. The van der Waals surface area contributed by atoms with Crippen molar-refractivity contribution in [3.05, 3.63) is 101 Å². The van der Waals surface area contributed by atoms with Crippen LogP contribution in [0.3, 0.4) is 0 Å². The first kappa shape index (κ1) is 21.6. The van der Waals surface area contributed by atoms with E-state index in [1.807, 2.05) is 6.07 Å². The van der Waals surface area contributed by atoms with Gasteiger partial charge in [0, 0.05) is 23.6 Å². The third-order valence-electron chi connectivity index (χ3n) is 4.75. The quantitative estimate of drug-likeness (QED) is 0.423. The van der Waals surface area contributed by atoms with Gasteiger partial charge in [0.15, 0.2) is 0 Å². The zero-order valence-electron chi connectivity index (χ0n) is 17.0. The number of anilines is 2. The zero-order chi connectivity index (χ0) is 22.7. The molecule has 0 aliphatic carbocycles. The largest absolute Gasteiger partial charge is 0.322 e. The molecular weight excluding hydrogens is 448 g/mol. The second-order valence-corrected chi connectivity index (χ2v) is 9.08. The van der Waals surface area contributed by atoms with E-state index in [4.69, 9.17) is 11.6 Å². The number of halogens is 1. The molecule has 0 atom stereocenters. The third kappa shape index (κ3) is 4.66. The topological polar surface area (TPSA) is 93.1 Å². The Labute approximate surface area is 190 Å². The number of nitrogens with one attached hydrogen (secondary N) is 2. The molecule has 4 rings (SSSR count). The summed E-state index contributed by atoms with van der Waals surface area (Å²) in [6.07, 6.45) is 3.48. The Morgan fingerprint density at radius 3 is 2.44 bits per heavy atom. The molecule has 162 valence electrons. The molecule has 0 saturated heterocycles. The molecule has 0 unspecified atom stereocenters. The van der Waals surface area contributed by atoms with E-state index in [1.54, 1.807) is 84.7 Å². The standard InChI is InChI=1S/C23H19ClN4O3S/c1-16-7-10-18(15-22(16)32(30,31)27-21-6-3-2-5-20(21)24)26-23(29)17-8-11-19(12-9-17)28-14-4-13-25-28/h2-15,27H,1H3,(H,26,29). The number of benzene rings is 3. The van der Waals surface area contributed by atoms with E-state index in [-0.39, 0.29) is 21.5 Å². The Balaban J connectivity index is 1.54. The molecule has 0 saturated carbocycles. The highest BCUT2D eigenvalue weighted by Crippen LogP contribution is 2.27. The van der Waals surface area contributed by atoms with Crippen molar-refractivity contribution in [3.8, 4) is 5.69 Å². The van der Waals surface area contributed by atoms with Crippen molar-refractivity contribution >= 4 is 38.9 Å². The molecule has 7 nitrogen and oxygen atoms in total. The van der Waals surface area contributed by atoms with E-state index in [0.717, 1.165) is 5.69 Å². The van der Waals surface area contributed by atoms with E-state index in [2.05, 4.69) is 15.1 Å². The molecule has 0 fully saturated rings. The minimum atomic E-state index is -3.92. The van der Waals surface area contributed by atoms with Crippen LogP contribution in [-0.4, -0.2) is 24.1 Å². The van der Waals surface area contributed by atoms with Gasteiger partial charge < -0.3 is 5.32 Å². The van der Waals surface area contributed by atoms with Crippen molar-refractivity contribution in [2.75, 3.05) is 10.0 Å². The maximum absolute atomic E-state index is 12.9. The lowest BCUT2D eigenvalue weighted by Crippen LogP contribution is -2.16. The zero-order valence-corrected chi connectivity index (χ0v) is 18.6. The minimum Gasteiger partial charge on any atom is -0.322 e. The average molecular weight is 467 g/mol. The van der Waals surface area contributed by atoms with E-state index >= 15 is 0 Å². The van der Waals surface area contributed by atoms with Crippen LogP contribution < -0.4 is 10.0 Å². The summed E-state index contributed by atoms with van der Waals surface area (Å²) >= 11 is 6.08. The van der Waals surface area contributed by atoms with Gasteiger partial charge in [-0.3, -0.25) is 9.52 Å². The molecule has 2 N–H and O–H groups in total. The summed E-state index contributed by atoms with van der Waals surface area (Å²) in [6.45, 7) is 1.68. The maximum Gasteiger partial charge on any atom is 0.262 e. The summed E-state index contributed by atoms with van der Waals surface area (Å²) in [5.41, 5.74) is 2.42. The molecular formula is C23H19ClN4O3S. The Kier molecular flexibility index (Phi) is 5.98. The van der Waals surface area contributed by atoms with E-state index in [1.165, 1.54) is 6.07 Å². The molecule has 0 aliphatic rings. The number of carbonyl (C=O) groups excluding carboxylic acids is 1. The molecule has 1 aromatic heterocycles. The van der Waals surface area contributed by atoms with E-state index in [0.29, 0.717) is 16.8 Å². The monoisotopic (exact) mass is 466 g/mol. The van der Waals surface area contributed by atoms with Gasteiger partial charge in [-0.25, -0.2) is 13.1 Å². The minimum absolute atomic E-state index is 0.0456. The van der Waals surface area contributed by atoms with Gasteiger partial charge in [-0.05, 0) is 67.1 Å². The summed E-state index contributed by atoms with van der Waals surface area (Å²) in [5, 5.41) is 7.19. The van der Waals surface area contributed by atoms with Gasteiger partial charge >= 0.3 is 0 Å². The molecule has 1 amide bonds. The first-order valence-corrected chi connectivity index (χ1v) is 11.5. The molecule has 9 heteroatoms. The number of aryl methyl sites for hydroxylation is 1. The summed E-state index contributed by atoms with van der Waals surface area (Å²) in [7, 11) is -3.92. The van der Waals surface area contributed by atoms with Gasteiger partial charge in [0.05, 0.1) is 21.3 Å². The smallest absolute Gasteiger partial charge is 0.262 e. The highest BCUT2D eigenvalue weighted by Gasteiger charge is 2.19. The Bertz CT molecular complexity index is 1370. The lowest BCUT2D eigenvalue weighted by molar-refractivity contribution is 0.102. The molecule has 0 radical (unpaired) electrons. The highest BCUT2D eigenvalue weighted by molar-refractivity contribution is 7.92. The molecule has 4 aromatic rings. The molecule has 1 heterocycles. The number of rotatable bonds is 6. The fraction of sp³-hybridized carbons (Fsp3) is 0.0435. The average Bonchev–Trinajstić information content (AvgIpc) is 3.31. The summed E-state index contributed by atoms with van der Waals surface area (Å²) in [6, 6.07) is 20.0. The lowest BCUT2D eigenvalue weighted by atomic mass is 10.1. The van der Waals surface area contributed by atoms with Crippen LogP contribution in [0.5, 0.6) is 0 Å². The second-order valence-electron chi connectivity index (χ2n) is 7.02. The number of hydrogen-bond acceptors (Lipinski definition) is 4. The summed E-state index contributed by atoms with van der Waals surface area (Å²) in [5.74, 6) is -0.358. The van der Waals surface area contributed by atoms with Crippen molar-refractivity contribution in [2.45, 2.75) is 11.8 Å². The van der Waals surface area contributed by atoms with Crippen LogP contribution in [0.15, 0.2) is 90.1 Å². The number of sulfonamides is 1. The lowest BCUT2D eigenvalue weighted by Gasteiger charge is -2.13. The van der Waals surface area contributed by atoms with Crippen LogP contribution in [0.25, 0.3) is 5.69 Å². The maximum atomic E-state index is 12.9. The normalized spacial score (nSPS) is 11.2. The first-order valence-electron chi connectivity index (χ1n) is 9.63. The molecule has 32 heavy (non-hydrogen) atoms. The Hall–Kier alpha value is -3.62. The predicted octanol–water partition coefficient (Wildman–Crippen LogP) is 4.89. The van der Waals surface area contributed by atoms with Crippen molar-refractivity contribution < 1.29 is 13.2 Å². The Morgan fingerprint density at radius 1 is 1.00 bits per heavy atom. The molecule has 0 spiro atoms. The van der Waals surface area contributed by atoms with E-state index in [9.17, 15) is 13.2 Å². The Morgan fingerprint density at radius 2 is 1.75 bits per heavy atom. The number of aromatic nitrogens is 2. The number of amides is 1.